The van der Waals surface area contributed by atoms with E-state index in [1.165, 1.54) is 6.07 Å². The summed E-state index contributed by atoms with van der Waals surface area (Å²) in [6, 6.07) is 7.10. The third kappa shape index (κ3) is 3.37. The van der Waals surface area contributed by atoms with Gasteiger partial charge in [0.05, 0.1) is 16.1 Å². The van der Waals surface area contributed by atoms with Gasteiger partial charge in [0.15, 0.2) is 0 Å². The number of halogens is 4. The Morgan fingerprint density at radius 1 is 1.10 bits per heavy atom. The summed E-state index contributed by atoms with van der Waals surface area (Å²) < 4.78 is 27.6. The molecular weight excluding hydrogens is 315 g/mol. The molecular formula is C16H15Cl2F2N. The van der Waals surface area contributed by atoms with E-state index in [4.69, 9.17) is 23.2 Å². The maximum absolute atomic E-state index is 14.2. The Kier molecular flexibility index (Phi) is 5.20. The zero-order valence-corrected chi connectivity index (χ0v) is 13.2. The van der Waals surface area contributed by atoms with Crippen molar-refractivity contribution in [1.82, 2.24) is 5.32 Å². The molecule has 0 radical (unpaired) electrons. The summed E-state index contributed by atoms with van der Waals surface area (Å²) in [6.07, 6.45) is 0. The van der Waals surface area contributed by atoms with Crippen molar-refractivity contribution in [3.8, 4) is 0 Å². The van der Waals surface area contributed by atoms with Gasteiger partial charge < -0.3 is 5.32 Å². The second-order valence-electron chi connectivity index (χ2n) is 4.76. The van der Waals surface area contributed by atoms with E-state index in [2.05, 4.69) is 5.32 Å². The summed E-state index contributed by atoms with van der Waals surface area (Å²) in [7, 11) is 0. The van der Waals surface area contributed by atoms with Gasteiger partial charge in [0, 0.05) is 11.6 Å². The van der Waals surface area contributed by atoms with Gasteiger partial charge in [-0.3, -0.25) is 0 Å². The average Bonchev–Trinajstić information content (AvgIpc) is 2.44. The molecule has 1 unspecified atom stereocenters. The summed E-state index contributed by atoms with van der Waals surface area (Å²) in [5.74, 6) is -1.18. The quantitative estimate of drug-likeness (QED) is 0.804. The number of rotatable bonds is 4. The third-order valence-electron chi connectivity index (χ3n) is 3.29. The molecule has 5 heteroatoms. The fourth-order valence-electron chi connectivity index (χ4n) is 2.24. The van der Waals surface area contributed by atoms with Gasteiger partial charge in [0.2, 0.25) is 0 Å². The van der Waals surface area contributed by atoms with Crippen molar-refractivity contribution in [3.05, 3.63) is 68.7 Å². The van der Waals surface area contributed by atoms with Crippen molar-refractivity contribution in [3.63, 3.8) is 0 Å². The number of nitrogens with one attached hydrogen (secondary N) is 1. The first-order valence-corrected chi connectivity index (χ1v) is 7.34. The number of aryl methyl sites for hydroxylation is 1. The van der Waals surface area contributed by atoms with E-state index in [9.17, 15) is 8.78 Å². The SMILES string of the molecule is CCNC(c1cc(C)c(F)cc1F)c1cccc(Cl)c1Cl. The lowest BCUT2D eigenvalue weighted by molar-refractivity contribution is 0.537. The Morgan fingerprint density at radius 2 is 1.81 bits per heavy atom. The fourth-order valence-corrected chi connectivity index (χ4v) is 2.65. The highest BCUT2D eigenvalue weighted by atomic mass is 35.5. The highest BCUT2D eigenvalue weighted by Crippen LogP contribution is 2.34. The third-order valence-corrected chi connectivity index (χ3v) is 4.12. The lowest BCUT2D eigenvalue weighted by Gasteiger charge is -2.21. The molecule has 1 nitrogen and oxygen atoms in total. The number of hydrogen-bond donors (Lipinski definition) is 1. The number of benzene rings is 2. The zero-order valence-electron chi connectivity index (χ0n) is 11.7. The minimum atomic E-state index is -0.611. The smallest absolute Gasteiger partial charge is 0.131 e. The molecule has 0 fully saturated rings. The van der Waals surface area contributed by atoms with Crippen molar-refractivity contribution in [1.29, 1.82) is 0 Å². The molecule has 0 amide bonds. The molecule has 0 bridgehead atoms. The first kappa shape index (κ1) is 16.2. The van der Waals surface area contributed by atoms with E-state index >= 15 is 0 Å². The van der Waals surface area contributed by atoms with Gasteiger partial charge in [-0.25, -0.2) is 8.78 Å². The molecule has 21 heavy (non-hydrogen) atoms. The van der Waals surface area contributed by atoms with Crippen molar-refractivity contribution >= 4 is 23.2 Å². The molecule has 2 rings (SSSR count). The van der Waals surface area contributed by atoms with E-state index in [-0.39, 0.29) is 0 Å². The van der Waals surface area contributed by atoms with E-state index in [0.717, 1.165) is 6.07 Å². The van der Waals surface area contributed by atoms with Gasteiger partial charge in [-0.05, 0) is 36.7 Å². The van der Waals surface area contributed by atoms with E-state index in [1.54, 1.807) is 25.1 Å². The molecule has 0 aromatic heterocycles. The highest BCUT2D eigenvalue weighted by molar-refractivity contribution is 6.42. The molecule has 0 spiro atoms. The molecule has 112 valence electrons. The van der Waals surface area contributed by atoms with E-state index < -0.39 is 17.7 Å². The van der Waals surface area contributed by atoms with Crippen LogP contribution in [0.25, 0.3) is 0 Å². The maximum atomic E-state index is 14.2. The van der Waals surface area contributed by atoms with Crippen molar-refractivity contribution in [2.45, 2.75) is 19.9 Å². The molecule has 0 aliphatic carbocycles. The van der Waals surface area contributed by atoms with Gasteiger partial charge in [0.25, 0.3) is 0 Å². The number of hydrogen-bond acceptors (Lipinski definition) is 1. The zero-order chi connectivity index (χ0) is 15.6. The Bertz CT molecular complexity index is 659. The topological polar surface area (TPSA) is 12.0 Å². The summed E-state index contributed by atoms with van der Waals surface area (Å²) >= 11 is 12.3. The molecule has 0 heterocycles. The van der Waals surface area contributed by atoms with Gasteiger partial charge in [0.1, 0.15) is 11.6 Å². The maximum Gasteiger partial charge on any atom is 0.131 e. The Morgan fingerprint density at radius 3 is 2.48 bits per heavy atom. The van der Waals surface area contributed by atoms with E-state index in [0.29, 0.717) is 33.3 Å². The van der Waals surface area contributed by atoms with Crippen molar-refractivity contribution in [2.75, 3.05) is 6.54 Å². The van der Waals surface area contributed by atoms with Crippen LogP contribution >= 0.6 is 23.2 Å². The second-order valence-corrected chi connectivity index (χ2v) is 5.54. The molecule has 1 N–H and O–H groups in total. The van der Waals surface area contributed by atoms with Crippen LogP contribution < -0.4 is 5.32 Å². The van der Waals surface area contributed by atoms with Gasteiger partial charge >= 0.3 is 0 Å². The van der Waals surface area contributed by atoms with Gasteiger partial charge in [-0.2, -0.15) is 0 Å². The van der Waals surface area contributed by atoms with Crippen LogP contribution in [0.1, 0.15) is 29.7 Å². The van der Waals surface area contributed by atoms with Gasteiger partial charge in [-0.1, -0.05) is 42.3 Å². The van der Waals surface area contributed by atoms with Crippen LogP contribution in [0, 0.1) is 18.6 Å². The van der Waals surface area contributed by atoms with Crippen LogP contribution in [-0.4, -0.2) is 6.54 Å². The Labute approximate surface area is 132 Å². The molecule has 0 saturated heterocycles. The van der Waals surface area contributed by atoms with Crippen LogP contribution in [0.3, 0.4) is 0 Å². The van der Waals surface area contributed by atoms with E-state index in [1.807, 2.05) is 6.92 Å². The lowest BCUT2D eigenvalue weighted by Crippen LogP contribution is -2.23. The van der Waals surface area contributed by atoms with Crippen LogP contribution in [-0.2, 0) is 0 Å². The highest BCUT2D eigenvalue weighted by Gasteiger charge is 2.21. The summed E-state index contributed by atoms with van der Waals surface area (Å²) in [5, 5.41) is 3.93. The minimum absolute atomic E-state index is 0.347. The first-order chi connectivity index (χ1) is 9.95. The molecule has 0 aliphatic heterocycles. The molecule has 2 aromatic rings. The van der Waals surface area contributed by atoms with Gasteiger partial charge in [-0.15, -0.1) is 0 Å². The monoisotopic (exact) mass is 329 g/mol. The van der Waals surface area contributed by atoms with Crippen LogP contribution in [0.15, 0.2) is 30.3 Å². The Hall–Kier alpha value is -1.16. The van der Waals surface area contributed by atoms with Crippen LogP contribution in [0.4, 0.5) is 8.78 Å². The standard InChI is InChI=1S/C16H15Cl2F2N/c1-3-21-16(10-5-4-6-12(17)15(10)18)11-7-9(2)13(19)8-14(11)20/h4-8,16,21H,3H2,1-2H3. The predicted octanol–water partition coefficient (Wildman–Crippen LogP) is 5.28. The fraction of sp³-hybridized carbons (Fsp3) is 0.250. The lowest BCUT2D eigenvalue weighted by atomic mass is 9.96. The summed E-state index contributed by atoms with van der Waals surface area (Å²) in [4.78, 5) is 0. The molecule has 0 saturated carbocycles. The summed E-state index contributed by atoms with van der Waals surface area (Å²) in [6.45, 7) is 4.10. The first-order valence-electron chi connectivity index (χ1n) is 6.58. The minimum Gasteiger partial charge on any atom is -0.306 e. The summed E-state index contributed by atoms with van der Waals surface area (Å²) in [5.41, 5.74) is 1.39. The average molecular weight is 330 g/mol. The largest absolute Gasteiger partial charge is 0.306 e. The predicted molar refractivity (Wildman–Crippen MR) is 83.1 cm³/mol. The second kappa shape index (κ2) is 6.73. The van der Waals surface area contributed by atoms with Crippen LogP contribution in [0.2, 0.25) is 10.0 Å². The van der Waals surface area contributed by atoms with Crippen LogP contribution in [0.5, 0.6) is 0 Å². The molecule has 2 aromatic carbocycles. The molecule has 1 atom stereocenters. The van der Waals surface area contributed by atoms with Crippen molar-refractivity contribution < 1.29 is 8.78 Å². The van der Waals surface area contributed by atoms with Crippen molar-refractivity contribution in [2.24, 2.45) is 0 Å². The normalized spacial score (nSPS) is 12.5. The Balaban J connectivity index is 2.59. The molecule has 0 aliphatic rings.